The molecule has 0 amide bonds. The molecule has 0 aromatic rings. The number of aliphatic hydroxyl groups is 2. The molecule has 0 aliphatic heterocycles. The quantitative estimate of drug-likeness (QED) is 0.0849. The van der Waals surface area contributed by atoms with E-state index in [2.05, 4.69) is 54.7 Å². The third-order valence-electron chi connectivity index (χ3n) is 12.0. The van der Waals surface area contributed by atoms with Gasteiger partial charge in [0.2, 0.25) is 0 Å². The van der Waals surface area contributed by atoms with E-state index in [1.807, 2.05) is 6.92 Å². The number of rotatable bonds is 13. The molecular weight excluding hydrogens is 688 g/mol. The fraction of sp³-hybridized carbons (Fsp3) is 0.854. The van der Waals surface area contributed by atoms with Gasteiger partial charge in [0.1, 0.15) is 11.2 Å². The summed E-state index contributed by atoms with van der Waals surface area (Å²) in [6.45, 7) is 21.6. The van der Waals surface area contributed by atoms with Gasteiger partial charge < -0.3 is 38.6 Å². The first kappa shape index (κ1) is 43.2. The van der Waals surface area contributed by atoms with E-state index < -0.39 is 39.6 Å². The lowest BCUT2D eigenvalue weighted by atomic mass is 9.50. The summed E-state index contributed by atoms with van der Waals surface area (Å²) in [4.78, 5) is 23.6. The summed E-state index contributed by atoms with van der Waals surface area (Å²) in [7, 11) is 3.37. The Kier molecular flexibility index (Phi) is 13.5. The van der Waals surface area contributed by atoms with Gasteiger partial charge in [-0.15, -0.1) is 11.6 Å². The Bertz CT molecular complexity index is 1220. The molecule has 0 radical (unpaired) electrons. The largest absolute Gasteiger partial charge is 0.456 e. The molecule has 2 N–H and O–H groups in total. The minimum absolute atomic E-state index is 0.221. The van der Waals surface area contributed by atoms with Gasteiger partial charge in [-0.05, 0) is 63.2 Å². The van der Waals surface area contributed by atoms with E-state index in [0.29, 0.717) is 49.3 Å². The van der Waals surface area contributed by atoms with Crippen molar-refractivity contribution in [2.45, 2.75) is 177 Å². The molecule has 8 aliphatic carbocycles. The lowest BCUT2D eigenvalue weighted by Gasteiger charge is -2.65. The lowest BCUT2D eigenvalue weighted by Crippen LogP contribution is -2.69. The number of carbonyl (C=O) groups is 2. The minimum atomic E-state index is -0.852. The maximum Gasteiger partial charge on any atom is 0.330 e. The lowest BCUT2D eigenvalue weighted by molar-refractivity contribution is -0.341. The number of methoxy groups -OCH3 is 2. The molecule has 10 nitrogen and oxygen atoms in total. The number of alkyl halides is 1. The summed E-state index contributed by atoms with van der Waals surface area (Å²) < 4.78 is 36.0. The maximum absolute atomic E-state index is 12.2. The van der Waals surface area contributed by atoms with E-state index in [1.165, 1.54) is 6.08 Å². The third kappa shape index (κ3) is 10.0. The summed E-state index contributed by atoms with van der Waals surface area (Å²) in [6, 6.07) is 0. The second-order valence-corrected chi connectivity index (χ2v) is 19.0. The molecule has 0 aromatic heterocycles. The number of hydrogen-bond donors (Lipinski definition) is 2. The van der Waals surface area contributed by atoms with Crippen molar-refractivity contribution in [3.63, 3.8) is 0 Å². The first-order chi connectivity index (χ1) is 24.1. The highest BCUT2D eigenvalue weighted by Crippen LogP contribution is 2.64. The first-order valence-electron chi connectivity index (χ1n) is 19.3. The topological polar surface area (TPSA) is 130 Å². The molecule has 11 heteroatoms. The molecule has 0 saturated heterocycles. The summed E-state index contributed by atoms with van der Waals surface area (Å²) in [5.74, 6) is 0.859. The van der Waals surface area contributed by atoms with Crippen LogP contribution in [0.3, 0.4) is 0 Å². The Morgan fingerprint density at radius 2 is 0.923 bits per heavy atom. The van der Waals surface area contributed by atoms with Crippen LogP contribution in [0, 0.1) is 29.6 Å². The second-order valence-electron chi connectivity index (χ2n) is 18.3. The van der Waals surface area contributed by atoms with Gasteiger partial charge in [0.05, 0.1) is 22.4 Å². The summed E-state index contributed by atoms with van der Waals surface area (Å²) in [5.41, 5.74) is -3.82. The van der Waals surface area contributed by atoms with Crippen LogP contribution in [0.15, 0.2) is 25.3 Å². The van der Waals surface area contributed by atoms with Crippen molar-refractivity contribution < 1.29 is 48.2 Å². The molecule has 8 aliphatic rings. The zero-order valence-electron chi connectivity index (χ0n) is 33.2. The van der Waals surface area contributed by atoms with Gasteiger partial charge in [0, 0.05) is 82.1 Å². The molecular formula is C41H67ClO10. The van der Waals surface area contributed by atoms with Gasteiger partial charge in [-0.1, -0.05) is 54.7 Å². The summed E-state index contributed by atoms with van der Waals surface area (Å²) in [6.07, 6.45) is 10.2. The second kappa shape index (κ2) is 16.3. The van der Waals surface area contributed by atoms with Gasteiger partial charge in [-0.3, -0.25) is 0 Å². The molecule has 8 fully saturated rings. The zero-order chi connectivity index (χ0) is 38.9. The Morgan fingerprint density at radius 3 is 1.23 bits per heavy atom. The maximum atomic E-state index is 12.2. The Labute approximate surface area is 317 Å². The first-order valence-corrected chi connectivity index (χ1v) is 19.7. The van der Waals surface area contributed by atoms with Crippen molar-refractivity contribution in [1.82, 2.24) is 0 Å². The Hall–Kier alpha value is -1.53. The van der Waals surface area contributed by atoms with E-state index in [-0.39, 0.29) is 36.3 Å². The molecule has 0 aromatic carbocycles. The van der Waals surface area contributed by atoms with E-state index in [1.54, 1.807) is 14.2 Å². The monoisotopic (exact) mass is 754 g/mol. The number of esters is 2. The van der Waals surface area contributed by atoms with Crippen molar-refractivity contribution >= 4 is 23.5 Å². The van der Waals surface area contributed by atoms with Gasteiger partial charge in [0.25, 0.3) is 0 Å². The van der Waals surface area contributed by atoms with Crippen LogP contribution in [-0.4, -0.2) is 87.9 Å². The number of halogens is 1. The van der Waals surface area contributed by atoms with Gasteiger partial charge in [0.15, 0.2) is 12.6 Å². The van der Waals surface area contributed by atoms with E-state index >= 15 is 0 Å². The Balaban J connectivity index is 0.000000220. The fourth-order valence-corrected chi connectivity index (χ4v) is 10.8. The standard InChI is InChI=1S/C23H38O6.C13H18O4.C5H11Cl/c1-8-18(24)27-21-9-17-10-22(12-21,28-19(25-6)15(2)3)14-23(11-17,13-21)29-20(26-7)16(4)5;1-2-10(14)17-13-5-9-3-11(15,7-13)6-12(16,4-9)8-13;1-4(2)5(3)6/h8,15-17,19-20H,1,9-14H2,2-7H3;2,9,15-16H,1,3-8H2;4-5H,1-3H3. The van der Waals surface area contributed by atoms with Crippen LogP contribution in [0.25, 0.3) is 0 Å². The van der Waals surface area contributed by atoms with Crippen molar-refractivity contribution in [1.29, 1.82) is 0 Å². The highest BCUT2D eigenvalue weighted by Gasteiger charge is 2.68. The summed E-state index contributed by atoms with van der Waals surface area (Å²) in [5, 5.41) is 21.2. The van der Waals surface area contributed by atoms with Gasteiger partial charge in [-0.2, -0.15) is 0 Å². The van der Waals surface area contributed by atoms with Crippen LogP contribution in [0.4, 0.5) is 0 Å². The molecule has 7 unspecified atom stereocenters. The fourth-order valence-electron chi connectivity index (χ4n) is 10.8. The smallest absolute Gasteiger partial charge is 0.330 e. The molecule has 7 atom stereocenters. The molecule has 8 bridgehead atoms. The van der Waals surface area contributed by atoms with Crippen molar-refractivity contribution in [3.05, 3.63) is 25.3 Å². The average molecular weight is 755 g/mol. The minimum Gasteiger partial charge on any atom is -0.456 e. The van der Waals surface area contributed by atoms with Crippen LogP contribution in [-0.2, 0) is 38.0 Å². The van der Waals surface area contributed by atoms with Gasteiger partial charge in [-0.25, -0.2) is 9.59 Å². The normalized spacial score (nSPS) is 39.6. The zero-order valence-corrected chi connectivity index (χ0v) is 34.0. The van der Waals surface area contributed by atoms with Crippen molar-refractivity contribution in [2.24, 2.45) is 29.6 Å². The van der Waals surface area contributed by atoms with E-state index in [0.717, 1.165) is 51.0 Å². The summed E-state index contributed by atoms with van der Waals surface area (Å²) >= 11 is 5.61. The predicted octanol–water partition coefficient (Wildman–Crippen LogP) is 7.40. The third-order valence-corrected chi connectivity index (χ3v) is 12.5. The van der Waals surface area contributed by atoms with E-state index in [9.17, 15) is 19.8 Å². The highest BCUT2D eigenvalue weighted by molar-refractivity contribution is 6.20. The molecule has 52 heavy (non-hydrogen) atoms. The SMILES string of the molecule is C=CC(=O)OC12CC3CC(O)(CC(O)(C3)C1)C2.C=CC(=O)OC12CC3CC(OC(OC)C(C)C)(C1)CC(OC(OC)C(C)C)(C3)C2.CC(C)C(C)Cl. The van der Waals surface area contributed by atoms with E-state index in [4.69, 9.17) is 40.0 Å². The number of carbonyl (C=O) groups excluding carboxylic acids is 2. The van der Waals surface area contributed by atoms with Crippen molar-refractivity contribution in [2.75, 3.05) is 14.2 Å². The number of hydrogen-bond acceptors (Lipinski definition) is 10. The average Bonchev–Trinajstić information content (AvgIpc) is 2.99. The molecule has 298 valence electrons. The molecule has 8 saturated carbocycles. The van der Waals surface area contributed by atoms with Crippen LogP contribution in [0.2, 0.25) is 0 Å². The van der Waals surface area contributed by atoms with Crippen molar-refractivity contribution in [3.8, 4) is 0 Å². The Morgan fingerprint density at radius 1 is 0.596 bits per heavy atom. The van der Waals surface area contributed by atoms with Crippen LogP contribution in [0.1, 0.15) is 126 Å². The van der Waals surface area contributed by atoms with Crippen LogP contribution < -0.4 is 0 Å². The highest BCUT2D eigenvalue weighted by atomic mass is 35.5. The van der Waals surface area contributed by atoms with Gasteiger partial charge >= 0.3 is 11.9 Å². The predicted molar refractivity (Wildman–Crippen MR) is 199 cm³/mol. The molecule has 0 spiro atoms. The molecule has 0 heterocycles. The number of ether oxygens (including phenoxy) is 6. The van der Waals surface area contributed by atoms with Crippen LogP contribution >= 0.6 is 11.6 Å². The van der Waals surface area contributed by atoms with Crippen LogP contribution in [0.5, 0.6) is 0 Å². The molecule has 8 rings (SSSR count).